The van der Waals surface area contributed by atoms with Crippen molar-refractivity contribution in [2.75, 3.05) is 0 Å². The molecule has 0 aliphatic carbocycles. The number of nitrogens with zero attached hydrogens (tertiary/aromatic N) is 2. The van der Waals surface area contributed by atoms with Gasteiger partial charge in [0.05, 0.1) is 23.5 Å². The fourth-order valence-corrected chi connectivity index (χ4v) is 1.58. The highest BCUT2D eigenvalue weighted by molar-refractivity contribution is 9.10. The van der Waals surface area contributed by atoms with Gasteiger partial charge in [0, 0.05) is 11.8 Å². The topological polar surface area (TPSA) is 68.3 Å². The predicted molar refractivity (Wildman–Crippen MR) is 54.7 cm³/mol. The number of carbonyl (C=O) groups is 1. The van der Waals surface area contributed by atoms with Crippen LogP contribution in [0.5, 0.6) is 0 Å². The first kappa shape index (κ1) is 9.97. The summed E-state index contributed by atoms with van der Waals surface area (Å²) in [5.74, 6) is -1.11. The van der Waals surface area contributed by atoms with Crippen molar-refractivity contribution < 1.29 is 14.3 Å². The zero-order valence-corrected chi connectivity index (χ0v) is 9.14. The molecule has 0 spiro atoms. The molecule has 2 heterocycles. The molecule has 0 atom stereocenters. The van der Waals surface area contributed by atoms with Crippen LogP contribution in [0.4, 0.5) is 0 Å². The molecule has 1 N–H and O–H groups in total. The molecule has 5 nitrogen and oxygen atoms in total. The van der Waals surface area contributed by atoms with Crippen molar-refractivity contribution in [1.82, 2.24) is 9.78 Å². The minimum absolute atomic E-state index is 0.0402. The second-order valence-electron chi connectivity index (χ2n) is 2.94. The highest BCUT2D eigenvalue weighted by Crippen LogP contribution is 2.13. The number of hydrogen-bond acceptors (Lipinski definition) is 3. The van der Waals surface area contributed by atoms with Gasteiger partial charge in [-0.25, -0.2) is 4.79 Å². The van der Waals surface area contributed by atoms with Gasteiger partial charge in [-0.05, 0) is 22.0 Å². The van der Waals surface area contributed by atoms with Crippen LogP contribution in [0.25, 0.3) is 0 Å². The third-order valence-corrected chi connectivity index (χ3v) is 2.28. The first-order chi connectivity index (χ1) is 7.16. The number of carboxylic acid groups (broad SMARTS) is 1. The third kappa shape index (κ3) is 2.10. The highest BCUT2D eigenvalue weighted by Gasteiger charge is 2.14. The monoisotopic (exact) mass is 270 g/mol. The molecule has 15 heavy (non-hydrogen) atoms. The molecule has 0 unspecified atom stereocenters. The summed E-state index contributed by atoms with van der Waals surface area (Å²) in [7, 11) is 0. The Morgan fingerprint density at radius 3 is 3.07 bits per heavy atom. The Kier molecular flexibility index (Phi) is 2.59. The quantitative estimate of drug-likeness (QED) is 0.926. The van der Waals surface area contributed by atoms with Crippen molar-refractivity contribution in [1.29, 1.82) is 0 Å². The molecular weight excluding hydrogens is 264 g/mol. The van der Waals surface area contributed by atoms with Crippen LogP contribution in [-0.2, 0) is 6.54 Å². The van der Waals surface area contributed by atoms with E-state index in [1.54, 1.807) is 23.1 Å². The Hall–Kier alpha value is -1.56. The normalized spacial score (nSPS) is 10.5. The lowest BCUT2D eigenvalue weighted by Gasteiger charge is -1.98. The summed E-state index contributed by atoms with van der Waals surface area (Å²) in [6.45, 7) is 0.379. The van der Waals surface area contributed by atoms with Gasteiger partial charge in [-0.3, -0.25) is 4.68 Å². The second-order valence-corrected chi connectivity index (χ2v) is 3.85. The van der Waals surface area contributed by atoms with E-state index < -0.39 is 5.97 Å². The Bertz CT molecular complexity index is 489. The van der Waals surface area contributed by atoms with E-state index in [0.29, 0.717) is 12.1 Å². The van der Waals surface area contributed by atoms with Crippen molar-refractivity contribution in [3.8, 4) is 0 Å². The molecule has 2 aromatic heterocycles. The van der Waals surface area contributed by atoms with E-state index in [2.05, 4.69) is 21.0 Å². The van der Waals surface area contributed by atoms with Gasteiger partial charge in [0.15, 0.2) is 0 Å². The lowest BCUT2D eigenvalue weighted by molar-refractivity contribution is 0.0660. The number of aromatic nitrogens is 2. The molecule has 0 fully saturated rings. The first-order valence-corrected chi connectivity index (χ1v) is 4.94. The van der Waals surface area contributed by atoms with Crippen LogP contribution in [0, 0.1) is 0 Å². The van der Waals surface area contributed by atoms with E-state index in [-0.39, 0.29) is 5.76 Å². The fraction of sp³-hybridized carbons (Fsp3) is 0.111. The molecule has 0 aromatic carbocycles. The lowest BCUT2D eigenvalue weighted by Crippen LogP contribution is -2.04. The molecule has 0 saturated carbocycles. The number of furan rings is 1. The van der Waals surface area contributed by atoms with E-state index in [1.807, 2.05) is 0 Å². The van der Waals surface area contributed by atoms with Crippen LogP contribution in [0.1, 0.15) is 16.1 Å². The largest absolute Gasteiger partial charge is 0.475 e. The van der Waals surface area contributed by atoms with Gasteiger partial charge in [0.25, 0.3) is 0 Å². The molecular formula is C9H7BrN2O3. The summed E-state index contributed by atoms with van der Waals surface area (Å²) in [6, 6.07) is 1.62. The van der Waals surface area contributed by atoms with Gasteiger partial charge in [-0.2, -0.15) is 5.10 Å². The molecule has 6 heteroatoms. The molecule has 0 bridgehead atoms. The van der Waals surface area contributed by atoms with Crippen molar-refractivity contribution in [3.63, 3.8) is 0 Å². The summed E-state index contributed by atoms with van der Waals surface area (Å²) in [6.07, 6.45) is 4.76. The molecule has 0 aliphatic rings. The molecule has 78 valence electrons. The zero-order chi connectivity index (χ0) is 10.8. The van der Waals surface area contributed by atoms with Gasteiger partial charge < -0.3 is 9.52 Å². The summed E-state index contributed by atoms with van der Waals surface area (Å²) < 4.78 is 7.33. The minimum Gasteiger partial charge on any atom is -0.475 e. The molecule has 0 saturated heterocycles. The van der Waals surface area contributed by atoms with Gasteiger partial charge in [0.2, 0.25) is 5.76 Å². The van der Waals surface area contributed by atoms with Crippen LogP contribution in [0.15, 0.2) is 33.6 Å². The molecule has 0 aliphatic heterocycles. The summed E-state index contributed by atoms with van der Waals surface area (Å²) in [5, 5.41) is 12.8. The average molecular weight is 271 g/mol. The van der Waals surface area contributed by atoms with E-state index >= 15 is 0 Å². The number of hydrogen-bond donors (Lipinski definition) is 1. The van der Waals surface area contributed by atoms with Gasteiger partial charge >= 0.3 is 5.97 Å². The van der Waals surface area contributed by atoms with E-state index in [4.69, 9.17) is 9.52 Å². The van der Waals surface area contributed by atoms with Crippen LogP contribution >= 0.6 is 15.9 Å². The highest BCUT2D eigenvalue weighted by atomic mass is 79.9. The van der Waals surface area contributed by atoms with Crippen molar-refractivity contribution in [2.24, 2.45) is 0 Å². The maximum absolute atomic E-state index is 10.7. The number of rotatable bonds is 3. The number of halogens is 1. The maximum Gasteiger partial charge on any atom is 0.372 e. The van der Waals surface area contributed by atoms with Crippen molar-refractivity contribution in [3.05, 3.63) is 40.5 Å². The van der Waals surface area contributed by atoms with E-state index in [9.17, 15) is 4.79 Å². The van der Waals surface area contributed by atoms with Gasteiger partial charge in [-0.15, -0.1) is 0 Å². The van der Waals surface area contributed by atoms with Gasteiger partial charge in [0.1, 0.15) is 0 Å². The molecule has 0 amide bonds. The lowest BCUT2D eigenvalue weighted by atomic mass is 10.2. The Labute approximate surface area is 93.4 Å². The Morgan fingerprint density at radius 2 is 2.47 bits per heavy atom. The fourth-order valence-electron chi connectivity index (χ4n) is 1.25. The number of aromatic carboxylic acids is 1. The first-order valence-electron chi connectivity index (χ1n) is 4.14. The van der Waals surface area contributed by atoms with Crippen LogP contribution < -0.4 is 0 Å². The van der Waals surface area contributed by atoms with E-state index in [1.165, 1.54) is 6.26 Å². The SMILES string of the molecule is O=C(O)c1occc1Cn1cc(Br)cn1. The Morgan fingerprint density at radius 1 is 1.67 bits per heavy atom. The molecule has 2 rings (SSSR count). The summed E-state index contributed by atoms with van der Waals surface area (Å²) >= 11 is 3.26. The predicted octanol–water partition coefficient (Wildman–Crippen LogP) is 1.99. The standard InChI is InChI=1S/C9H7BrN2O3/c10-7-3-11-12(5-7)4-6-1-2-15-8(6)9(13)14/h1-3,5H,4H2,(H,13,14). The smallest absolute Gasteiger partial charge is 0.372 e. The van der Waals surface area contributed by atoms with Crippen molar-refractivity contribution in [2.45, 2.75) is 6.54 Å². The zero-order valence-electron chi connectivity index (χ0n) is 7.55. The average Bonchev–Trinajstić information content (AvgIpc) is 2.75. The molecule has 2 aromatic rings. The number of carboxylic acids is 1. The third-order valence-electron chi connectivity index (χ3n) is 1.88. The summed E-state index contributed by atoms with van der Waals surface area (Å²) in [5.41, 5.74) is 0.595. The summed E-state index contributed by atoms with van der Waals surface area (Å²) in [4.78, 5) is 10.7. The van der Waals surface area contributed by atoms with E-state index in [0.717, 1.165) is 4.47 Å². The second kappa shape index (κ2) is 3.90. The van der Waals surface area contributed by atoms with Gasteiger partial charge in [-0.1, -0.05) is 0 Å². The minimum atomic E-state index is -1.07. The van der Waals surface area contributed by atoms with Crippen LogP contribution in [0.2, 0.25) is 0 Å². The Balaban J connectivity index is 2.24. The molecule has 0 radical (unpaired) electrons. The van der Waals surface area contributed by atoms with Crippen LogP contribution in [0.3, 0.4) is 0 Å². The van der Waals surface area contributed by atoms with Crippen molar-refractivity contribution >= 4 is 21.9 Å². The van der Waals surface area contributed by atoms with Crippen LogP contribution in [-0.4, -0.2) is 20.9 Å². The maximum atomic E-state index is 10.7.